The van der Waals surface area contributed by atoms with Crippen LogP contribution in [0.5, 0.6) is 0 Å². The molecular weight excluding hydrogens is 346 g/mol. The molecule has 0 radical (unpaired) electrons. The van der Waals surface area contributed by atoms with Crippen LogP contribution in [0.15, 0.2) is 6.33 Å². The van der Waals surface area contributed by atoms with Crippen LogP contribution >= 0.6 is 11.8 Å². The molecule has 0 spiro atoms. The minimum absolute atomic E-state index is 0.0886. The van der Waals surface area contributed by atoms with E-state index in [4.69, 9.17) is 21.3 Å². The molecule has 3 heterocycles. The molecule has 3 rings (SSSR count). The molecule has 25 heavy (non-hydrogen) atoms. The second-order valence-electron chi connectivity index (χ2n) is 6.26. The number of rotatable bonds is 7. The number of carbonyl (C=O) groups is 1. The van der Waals surface area contributed by atoms with E-state index >= 15 is 0 Å². The summed E-state index contributed by atoms with van der Waals surface area (Å²) in [5.74, 6) is 1.55. The number of hydrogen-bond acceptors (Lipinski definition) is 9. The lowest BCUT2D eigenvalue weighted by Gasteiger charge is -2.27. The Morgan fingerprint density at radius 3 is 3.08 bits per heavy atom. The Morgan fingerprint density at radius 2 is 2.32 bits per heavy atom. The van der Waals surface area contributed by atoms with Gasteiger partial charge >= 0.3 is 5.97 Å². The van der Waals surface area contributed by atoms with E-state index in [0.29, 0.717) is 36.7 Å². The van der Waals surface area contributed by atoms with E-state index in [2.05, 4.69) is 9.97 Å². The largest absolute Gasteiger partial charge is 0.480 e. The van der Waals surface area contributed by atoms with Crippen molar-refractivity contribution in [3.63, 3.8) is 0 Å². The normalized spacial score (nSPS) is 26.6. The van der Waals surface area contributed by atoms with Gasteiger partial charge < -0.3 is 31.3 Å². The molecule has 1 fully saturated rings. The fourth-order valence-corrected chi connectivity index (χ4v) is 4.22. The van der Waals surface area contributed by atoms with Crippen LogP contribution in [-0.2, 0) is 16.0 Å². The fraction of sp³-hybridized carbons (Fsp3) is 0.667. The summed E-state index contributed by atoms with van der Waals surface area (Å²) in [6.07, 6.45) is 1.97. The standard InChI is InChI=1S/C15H23N5O4S/c16-10(15(22)23)2-4-25-6-8-5-11(21)14(24-8)20-3-1-9-12(17)18-7-19-13(9)20/h7-8,10-11,14,21H,1-6,16H2,(H,22,23)(H2,17,18,19)/t8-,10?,11+,14+/m0/s1. The molecule has 1 unspecified atom stereocenters. The van der Waals surface area contributed by atoms with E-state index in [1.54, 1.807) is 11.8 Å². The number of thioether (sulfide) groups is 1. The Balaban J connectivity index is 1.51. The third-order valence-electron chi connectivity index (χ3n) is 4.50. The SMILES string of the molecule is Nc1ncnc2c1CCN2[C@@H]1O[C@H](CSCCC(N)C(=O)O)C[C@H]1O. The Labute approximate surface area is 149 Å². The maximum absolute atomic E-state index is 10.7. The number of aliphatic carboxylic acids is 1. The Kier molecular flexibility index (Phi) is 5.62. The number of anilines is 2. The highest BCUT2D eigenvalue weighted by molar-refractivity contribution is 7.99. The molecule has 4 atom stereocenters. The molecule has 10 heteroatoms. The first-order chi connectivity index (χ1) is 12.0. The molecular formula is C15H23N5O4S. The zero-order valence-corrected chi connectivity index (χ0v) is 14.6. The van der Waals surface area contributed by atoms with Crippen molar-refractivity contribution < 1.29 is 19.7 Å². The number of aliphatic hydroxyl groups is 1. The summed E-state index contributed by atoms with van der Waals surface area (Å²) >= 11 is 1.59. The van der Waals surface area contributed by atoms with Gasteiger partial charge in [-0.1, -0.05) is 0 Å². The van der Waals surface area contributed by atoms with Crippen molar-refractivity contribution in [2.45, 2.75) is 43.7 Å². The van der Waals surface area contributed by atoms with Gasteiger partial charge in [0.1, 0.15) is 30.1 Å². The van der Waals surface area contributed by atoms with E-state index < -0.39 is 24.3 Å². The molecule has 138 valence electrons. The summed E-state index contributed by atoms with van der Waals surface area (Å²) in [6.45, 7) is 0.688. The van der Waals surface area contributed by atoms with Gasteiger partial charge in [0.15, 0.2) is 6.23 Å². The molecule has 0 amide bonds. The molecule has 6 N–H and O–H groups in total. The van der Waals surface area contributed by atoms with Gasteiger partial charge in [-0.3, -0.25) is 4.79 Å². The van der Waals surface area contributed by atoms with E-state index in [-0.39, 0.29) is 6.10 Å². The third kappa shape index (κ3) is 3.97. The Morgan fingerprint density at radius 1 is 1.52 bits per heavy atom. The number of ether oxygens (including phenoxy) is 1. The van der Waals surface area contributed by atoms with Crippen LogP contribution in [0.4, 0.5) is 11.6 Å². The summed E-state index contributed by atoms with van der Waals surface area (Å²) in [5, 5.41) is 19.2. The van der Waals surface area contributed by atoms with Crippen molar-refractivity contribution >= 4 is 29.4 Å². The van der Waals surface area contributed by atoms with Gasteiger partial charge in [-0.15, -0.1) is 0 Å². The van der Waals surface area contributed by atoms with Crippen molar-refractivity contribution in [2.24, 2.45) is 5.73 Å². The van der Waals surface area contributed by atoms with Crippen LogP contribution in [0.1, 0.15) is 18.4 Å². The number of hydrogen-bond donors (Lipinski definition) is 4. The molecule has 0 bridgehead atoms. The van der Waals surface area contributed by atoms with Crippen molar-refractivity contribution in [1.29, 1.82) is 0 Å². The van der Waals surface area contributed by atoms with Crippen LogP contribution < -0.4 is 16.4 Å². The molecule has 9 nitrogen and oxygen atoms in total. The summed E-state index contributed by atoms with van der Waals surface area (Å²) in [5.41, 5.74) is 12.3. The molecule has 0 saturated carbocycles. The van der Waals surface area contributed by atoms with Gasteiger partial charge in [0.2, 0.25) is 0 Å². The quantitative estimate of drug-likeness (QED) is 0.461. The fourth-order valence-electron chi connectivity index (χ4n) is 3.16. The highest BCUT2D eigenvalue weighted by Gasteiger charge is 2.41. The summed E-state index contributed by atoms with van der Waals surface area (Å²) in [7, 11) is 0. The zero-order chi connectivity index (χ0) is 18.0. The van der Waals surface area contributed by atoms with Crippen LogP contribution in [0.25, 0.3) is 0 Å². The maximum Gasteiger partial charge on any atom is 0.320 e. The second-order valence-corrected chi connectivity index (χ2v) is 7.41. The number of fused-ring (bicyclic) bond motifs is 1. The number of nitrogen functional groups attached to an aromatic ring is 1. The highest BCUT2D eigenvalue weighted by atomic mass is 32.2. The lowest BCUT2D eigenvalue weighted by Crippen LogP contribution is -2.41. The summed E-state index contributed by atoms with van der Waals surface area (Å²) < 4.78 is 6.02. The van der Waals surface area contributed by atoms with Gasteiger partial charge in [-0.2, -0.15) is 11.8 Å². The predicted molar refractivity (Wildman–Crippen MR) is 94.3 cm³/mol. The first-order valence-electron chi connectivity index (χ1n) is 8.23. The minimum Gasteiger partial charge on any atom is -0.480 e. The lowest BCUT2D eigenvalue weighted by molar-refractivity contribution is -0.138. The third-order valence-corrected chi connectivity index (χ3v) is 5.63. The number of carboxylic acid groups (broad SMARTS) is 1. The molecule has 0 aromatic carbocycles. The smallest absolute Gasteiger partial charge is 0.320 e. The number of aliphatic hydroxyl groups excluding tert-OH is 1. The average molecular weight is 369 g/mol. The van der Waals surface area contributed by atoms with Gasteiger partial charge in [0, 0.05) is 24.3 Å². The molecule has 2 aliphatic rings. The molecule has 1 saturated heterocycles. The van der Waals surface area contributed by atoms with E-state index in [1.807, 2.05) is 4.90 Å². The topological polar surface area (TPSA) is 148 Å². The molecule has 1 aromatic rings. The molecule has 1 aromatic heterocycles. The predicted octanol–water partition coefficient (Wildman–Crippen LogP) is -0.568. The summed E-state index contributed by atoms with van der Waals surface area (Å²) in [6, 6.07) is -0.832. The maximum atomic E-state index is 10.7. The monoisotopic (exact) mass is 369 g/mol. The van der Waals surface area contributed by atoms with Crippen LogP contribution in [0.2, 0.25) is 0 Å². The molecule has 2 aliphatic heterocycles. The van der Waals surface area contributed by atoms with Gasteiger partial charge in [0.05, 0.1) is 6.10 Å². The number of aromatic nitrogens is 2. The van der Waals surface area contributed by atoms with Crippen LogP contribution in [-0.4, -0.2) is 68.7 Å². The van der Waals surface area contributed by atoms with Crippen LogP contribution in [0.3, 0.4) is 0 Å². The number of nitrogens with zero attached hydrogens (tertiary/aromatic N) is 3. The first-order valence-corrected chi connectivity index (χ1v) is 9.38. The summed E-state index contributed by atoms with van der Waals surface area (Å²) in [4.78, 5) is 20.9. The lowest BCUT2D eigenvalue weighted by atomic mass is 10.2. The van der Waals surface area contributed by atoms with Crippen molar-refractivity contribution in [3.8, 4) is 0 Å². The first kappa shape index (κ1) is 18.2. The van der Waals surface area contributed by atoms with Gasteiger partial charge in [0.25, 0.3) is 0 Å². The van der Waals surface area contributed by atoms with Gasteiger partial charge in [-0.05, 0) is 18.6 Å². The number of carboxylic acids is 1. The Hall–Kier alpha value is -1.62. The van der Waals surface area contributed by atoms with Crippen molar-refractivity contribution in [2.75, 3.05) is 28.7 Å². The second kappa shape index (κ2) is 7.73. The number of nitrogens with two attached hydrogens (primary N) is 2. The highest BCUT2D eigenvalue weighted by Crippen LogP contribution is 2.35. The van der Waals surface area contributed by atoms with E-state index in [1.165, 1.54) is 6.33 Å². The Bertz CT molecular complexity index is 634. The molecule has 0 aliphatic carbocycles. The van der Waals surface area contributed by atoms with E-state index in [9.17, 15) is 9.90 Å². The van der Waals surface area contributed by atoms with E-state index in [0.717, 1.165) is 17.8 Å². The minimum atomic E-state index is -0.984. The zero-order valence-electron chi connectivity index (χ0n) is 13.7. The van der Waals surface area contributed by atoms with Crippen molar-refractivity contribution in [1.82, 2.24) is 9.97 Å². The van der Waals surface area contributed by atoms with Crippen molar-refractivity contribution in [3.05, 3.63) is 11.9 Å². The van der Waals surface area contributed by atoms with Gasteiger partial charge in [-0.25, -0.2) is 9.97 Å². The van der Waals surface area contributed by atoms with Crippen LogP contribution in [0, 0.1) is 0 Å². The average Bonchev–Trinajstić information content (AvgIpc) is 3.15.